The Kier molecular flexibility index (Phi) is 10.6. The molecule has 1 fully saturated rings. The number of carbonyl (C=O) groups is 2. The van der Waals surface area contributed by atoms with E-state index in [4.69, 9.17) is 0 Å². The van der Waals surface area contributed by atoms with Crippen LogP contribution in [0.25, 0.3) is 0 Å². The summed E-state index contributed by atoms with van der Waals surface area (Å²) in [6, 6.07) is 26.2. The van der Waals surface area contributed by atoms with Gasteiger partial charge in [0, 0.05) is 29.9 Å². The molecule has 1 saturated carbocycles. The average molecular weight is 576 g/mol. The fraction of sp³-hybridized carbons (Fsp3) is 0.394. The lowest BCUT2D eigenvalue weighted by molar-refractivity contribution is -0.141. The number of hydrogen-bond acceptors (Lipinski definition) is 2. The van der Waals surface area contributed by atoms with Crippen LogP contribution in [0.1, 0.15) is 67.7 Å². The van der Waals surface area contributed by atoms with E-state index in [0.717, 1.165) is 53.3 Å². The molecule has 0 bridgehead atoms. The Labute approximate surface area is 236 Å². The number of nitrogens with one attached hydrogen (secondary N) is 1. The van der Waals surface area contributed by atoms with Crippen molar-refractivity contribution in [3.8, 4) is 0 Å². The maximum Gasteiger partial charge on any atom is 0.243 e. The molecule has 1 unspecified atom stereocenters. The highest BCUT2D eigenvalue weighted by atomic mass is 79.9. The number of benzene rings is 3. The van der Waals surface area contributed by atoms with Crippen LogP contribution in [-0.4, -0.2) is 28.8 Å². The van der Waals surface area contributed by atoms with Crippen LogP contribution in [0, 0.1) is 0 Å². The Hall–Kier alpha value is -2.92. The number of carbonyl (C=O) groups excluding carboxylic acids is 2. The van der Waals surface area contributed by atoms with Gasteiger partial charge in [0.15, 0.2) is 0 Å². The van der Waals surface area contributed by atoms with Crippen molar-refractivity contribution in [1.29, 1.82) is 0 Å². The molecule has 0 heterocycles. The smallest absolute Gasteiger partial charge is 0.243 e. The summed E-state index contributed by atoms with van der Waals surface area (Å²) in [5, 5.41) is 3.32. The third-order valence-corrected chi connectivity index (χ3v) is 8.02. The third kappa shape index (κ3) is 8.29. The Morgan fingerprint density at radius 2 is 1.55 bits per heavy atom. The number of aryl methyl sites for hydroxylation is 2. The Morgan fingerprint density at radius 3 is 2.24 bits per heavy atom. The second-order valence-electron chi connectivity index (χ2n) is 10.4. The first-order valence-corrected chi connectivity index (χ1v) is 14.8. The van der Waals surface area contributed by atoms with Gasteiger partial charge in [-0.25, -0.2) is 0 Å². The van der Waals surface area contributed by atoms with Crippen molar-refractivity contribution in [2.75, 3.05) is 0 Å². The van der Waals surface area contributed by atoms with E-state index in [9.17, 15) is 9.59 Å². The highest BCUT2D eigenvalue weighted by Gasteiger charge is 2.31. The molecule has 0 saturated heterocycles. The van der Waals surface area contributed by atoms with E-state index in [1.807, 2.05) is 59.5 Å². The zero-order valence-corrected chi connectivity index (χ0v) is 24.0. The molecule has 1 atom stereocenters. The topological polar surface area (TPSA) is 49.4 Å². The molecule has 4 rings (SSSR count). The van der Waals surface area contributed by atoms with E-state index in [0.29, 0.717) is 25.8 Å². The molecule has 0 aromatic heterocycles. The minimum atomic E-state index is -0.576. The predicted octanol–water partition coefficient (Wildman–Crippen LogP) is 7.03. The average Bonchev–Trinajstić information content (AvgIpc) is 2.95. The van der Waals surface area contributed by atoms with Crippen molar-refractivity contribution < 1.29 is 9.59 Å². The van der Waals surface area contributed by atoms with Gasteiger partial charge < -0.3 is 10.2 Å². The first-order chi connectivity index (χ1) is 18.5. The molecule has 3 aromatic carbocycles. The molecule has 38 heavy (non-hydrogen) atoms. The standard InChI is InChI=1S/C33H39BrN2O2/c1-2-25-16-18-26(19-17-25)20-21-32(37)36(24-28-12-9-13-29(34)22-28)31(23-27-10-5-3-6-11-27)33(38)35-30-14-7-4-8-15-30/h3,5-6,9-13,16-19,22,30-31H,2,4,7-8,14-15,20-21,23-24H2,1H3,(H,35,38). The minimum absolute atomic E-state index is 0.00395. The van der Waals surface area contributed by atoms with Crippen molar-refractivity contribution >= 4 is 27.7 Å². The molecule has 1 aliphatic rings. The van der Waals surface area contributed by atoms with E-state index in [1.54, 1.807) is 0 Å². The van der Waals surface area contributed by atoms with Gasteiger partial charge in [-0.05, 0) is 60.1 Å². The van der Waals surface area contributed by atoms with E-state index in [2.05, 4.69) is 52.4 Å². The molecular weight excluding hydrogens is 536 g/mol. The van der Waals surface area contributed by atoms with Crippen molar-refractivity contribution in [3.63, 3.8) is 0 Å². The van der Waals surface area contributed by atoms with Crippen LogP contribution in [0.2, 0.25) is 0 Å². The van der Waals surface area contributed by atoms with Crippen LogP contribution < -0.4 is 5.32 Å². The summed E-state index contributed by atoms with van der Waals surface area (Å²) in [7, 11) is 0. The fourth-order valence-electron chi connectivity index (χ4n) is 5.27. The number of hydrogen-bond donors (Lipinski definition) is 1. The zero-order valence-electron chi connectivity index (χ0n) is 22.4. The summed E-state index contributed by atoms with van der Waals surface area (Å²) >= 11 is 3.56. The lowest BCUT2D eigenvalue weighted by Crippen LogP contribution is -2.52. The van der Waals surface area contributed by atoms with Gasteiger partial charge in [0.05, 0.1) is 0 Å². The predicted molar refractivity (Wildman–Crippen MR) is 158 cm³/mol. The summed E-state index contributed by atoms with van der Waals surface area (Å²) in [6.45, 7) is 2.53. The number of nitrogens with zero attached hydrogens (tertiary/aromatic N) is 1. The maximum atomic E-state index is 13.9. The molecule has 200 valence electrons. The van der Waals surface area contributed by atoms with Gasteiger partial charge >= 0.3 is 0 Å². The van der Waals surface area contributed by atoms with E-state index < -0.39 is 6.04 Å². The van der Waals surface area contributed by atoms with Crippen molar-refractivity contribution in [2.45, 2.75) is 83.3 Å². The van der Waals surface area contributed by atoms with Gasteiger partial charge in [-0.15, -0.1) is 0 Å². The molecule has 0 aliphatic heterocycles. The minimum Gasteiger partial charge on any atom is -0.352 e. The van der Waals surface area contributed by atoms with E-state index >= 15 is 0 Å². The molecule has 2 amide bonds. The number of halogens is 1. The second kappa shape index (κ2) is 14.3. The second-order valence-corrected chi connectivity index (χ2v) is 11.3. The summed E-state index contributed by atoms with van der Waals surface area (Å²) in [5.41, 5.74) is 4.49. The number of amides is 2. The first kappa shape index (κ1) is 28.1. The van der Waals surface area contributed by atoms with Crippen molar-refractivity contribution in [1.82, 2.24) is 10.2 Å². The highest BCUT2D eigenvalue weighted by Crippen LogP contribution is 2.21. The molecular formula is C33H39BrN2O2. The normalized spacial score (nSPS) is 14.6. The Morgan fingerprint density at radius 1 is 0.868 bits per heavy atom. The first-order valence-electron chi connectivity index (χ1n) is 14.0. The van der Waals surface area contributed by atoms with Crippen LogP contribution in [0.5, 0.6) is 0 Å². The SMILES string of the molecule is CCc1ccc(CCC(=O)N(Cc2cccc(Br)c2)C(Cc2ccccc2)C(=O)NC2CCCCC2)cc1. The lowest BCUT2D eigenvalue weighted by atomic mass is 9.94. The van der Waals surface area contributed by atoms with Gasteiger partial charge in [-0.3, -0.25) is 9.59 Å². The van der Waals surface area contributed by atoms with Crippen LogP contribution in [0.3, 0.4) is 0 Å². The highest BCUT2D eigenvalue weighted by molar-refractivity contribution is 9.10. The summed E-state index contributed by atoms with van der Waals surface area (Å²) in [5.74, 6) is -0.0410. The Bertz CT molecular complexity index is 1170. The van der Waals surface area contributed by atoms with Gasteiger partial charge in [-0.1, -0.05) is 109 Å². The third-order valence-electron chi connectivity index (χ3n) is 7.52. The van der Waals surface area contributed by atoms with Crippen LogP contribution >= 0.6 is 15.9 Å². The molecule has 4 nitrogen and oxygen atoms in total. The summed E-state index contributed by atoms with van der Waals surface area (Å²) in [6.07, 6.45) is 8.04. The molecule has 1 aliphatic carbocycles. The molecule has 3 aromatic rings. The quantitative estimate of drug-likeness (QED) is 0.267. The van der Waals surface area contributed by atoms with Crippen LogP contribution in [0.15, 0.2) is 83.3 Å². The van der Waals surface area contributed by atoms with Crippen molar-refractivity contribution in [3.05, 3.63) is 106 Å². The molecule has 0 spiro atoms. The summed E-state index contributed by atoms with van der Waals surface area (Å²) in [4.78, 5) is 29.6. The van der Waals surface area contributed by atoms with Crippen LogP contribution in [-0.2, 0) is 35.4 Å². The Balaban J connectivity index is 1.59. The number of rotatable bonds is 11. The molecule has 5 heteroatoms. The van der Waals surface area contributed by atoms with Gasteiger partial charge in [0.2, 0.25) is 11.8 Å². The molecule has 1 N–H and O–H groups in total. The van der Waals surface area contributed by atoms with E-state index in [1.165, 1.54) is 12.0 Å². The monoisotopic (exact) mass is 574 g/mol. The largest absolute Gasteiger partial charge is 0.352 e. The van der Waals surface area contributed by atoms with Gasteiger partial charge in [-0.2, -0.15) is 0 Å². The van der Waals surface area contributed by atoms with E-state index in [-0.39, 0.29) is 17.9 Å². The van der Waals surface area contributed by atoms with Crippen molar-refractivity contribution in [2.24, 2.45) is 0 Å². The lowest BCUT2D eigenvalue weighted by Gasteiger charge is -2.33. The fourth-order valence-corrected chi connectivity index (χ4v) is 5.71. The van der Waals surface area contributed by atoms with Gasteiger partial charge in [0.25, 0.3) is 0 Å². The van der Waals surface area contributed by atoms with Crippen LogP contribution in [0.4, 0.5) is 0 Å². The molecule has 0 radical (unpaired) electrons. The maximum absolute atomic E-state index is 13.9. The zero-order chi connectivity index (χ0) is 26.7. The summed E-state index contributed by atoms with van der Waals surface area (Å²) < 4.78 is 0.963. The van der Waals surface area contributed by atoms with Gasteiger partial charge in [0.1, 0.15) is 6.04 Å².